The molecule has 12 rings (SSSR count). The zero-order valence-corrected chi connectivity index (χ0v) is 29.9. The second-order valence-electron chi connectivity index (χ2n) is 16.8. The molecule has 0 atom stereocenters. The fourth-order valence-electron chi connectivity index (χ4n) is 12.2. The number of rotatable bonds is 4. The molecule has 0 unspecified atom stereocenters. The summed E-state index contributed by atoms with van der Waals surface area (Å²) in [5.74, 6) is 2.99. The minimum Gasteiger partial charge on any atom is -0.311 e. The molecule has 6 aromatic carbocycles. The molecule has 0 N–H and O–H groups in total. The molecular weight excluding hydrogens is 629 g/mol. The van der Waals surface area contributed by atoms with Crippen molar-refractivity contribution in [2.75, 3.05) is 4.90 Å². The van der Waals surface area contributed by atoms with Crippen LogP contribution < -0.4 is 4.90 Å². The Morgan fingerprint density at radius 3 is 1.83 bits per heavy atom. The molecule has 6 aliphatic carbocycles. The molecule has 252 valence electrons. The smallest absolute Gasteiger partial charge is 0.197 e. The van der Waals surface area contributed by atoms with Crippen LogP contribution in [0.3, 0.4) is 0 Å². The maximum atomic E-state index is 8.70. The normalized spacial score (nSPS) is 24.9. The summed E-state index contributed by atoms with van der Waals surface area (Å²) in [6.07, 6.45) is 6.71. The Morgan fingerprint density at radius 1 is 0.538 bits per heavy atom. The van der Waals surface area contributed by atoms with Crippen LogP contribution in [0.5, 0.6) is 0 Å². The summed E-state index contributed by atoms with van der Waals surface area (Å²) < 4.78 is 0. The monoisotopic (exact) mass is 670 g/mol. The van der Waals surface area contributed by atoms with Crippen LogP contribution in [0.1, 0.15) is 68.2 Å². The number of anilines is 3. The first-order valence-corrected chi connectivity index (χ1v) is 19.3. The maximum absolute atomic E-state index is 8.70. The second kappa shape index (κ2) is 10.8. The lowest BCUT2D eigenvalue weighted by molar-refractivity contribution is -0.0399. The average molecular weight is 671 g/mol. The first-order valence-electron chi connectivity index (χ1n) is 19.3. The van der Waals surface area contributed by atoms with Gasteiger partial charge in [-0.15, -0.1) is 0 Å². The van der Waals surface area contributed by atoms with Crippen LogP contribution in [0.4, 0.5) is 22.7 Å². The van der Waals surface area contributed by atoms with Crippen molar-refractivity contribution < 1.29 is 0 Å². The molecular formula is C50H42N2. The fourth-order valence-corrected chi connectivity index (χ4v) is 12.2. The van der Waals surface area contributed by atoms with Gasteiger partial charge in [0.25, 0.3) is 0 Å². The molecule has 6 aliphatic rings. The van der Waals surface area contributed by atoms with Gasteiger partial charge < -0.3 is 4.90 Å². The van der Waals surface area contributed by atoms with Crippen LogP contribution in [-0.2, 0) is 10.8 Å². The van der Waals surface area contributed by atoms with Gasteiger partial charge in [-0.2, -0.15) is 0 Å². The van der Waals surface area contributed by atoms with E-state index in [9.17, 15) is 0 Å². The molecule has 0 amide bonds. The first-order chi connectivity index (χ1) is 25.5. The lowest BCUT2D eigenvalue weighted by Gasteiger charge is -2.61. The molecule has 0 heterocycles. The van der Waals surface area contributed by atoms with Crippen LogP contribution in [0.15, 0.2) is 133 Å². The predicted octanol–water partition coefficient (Wildman–Crippen LogP) is 13.4. The summed E-state index contributed by atoms with van der Waals surface area (Å²) in [6.45, 7) is 13.4. The zero-order valence-electron chi connectivity index (χ0n) is 29.9. The number of fused-ring (bicyclic) bond motifs is 6. The van der Waals surface area contributed by atoms with E-state index < -0.39 is 0 Å². The Labute approximate surface area is 307 Å². The molecule has 0 radical (unpaired) electrons. The molecule has 0 aromatic heterocycles. The van der Waals surface area contributed by atoms with E-state index in [1.165, 1.54) is 93.4 Å². The molecule has 0 aliphatic heterocycles. The predicted molar refractivity (Wildman–Crippen MR) is 214 cm³/mol. The lowest BCUT2D eigenvalue weighted by Crippen LogP contribution is -2.55. The molecule has 4 bridgehead atoms. The standard InChI is InChI=1S/C50H42N2/c1-49(2)41-16-9-7-14-39(41)48-43(49)18-11-19-46(48)52(37-22-20-34(21-23-37)33-12-5-4-6-13-33)38-29-44-47(45(30-38)51-3)40-15-8-10-17-42(40)50(44)35-25-31-24-32(27-35)28-36(50)26-31/h4-23,29-32,35-36H,24-28H2,1-2H3. The molecule has 2 heteroatoms. The van der Waals surface area contributed by atoms with Crippen molar-refractivity contribution in [1.29, 1.82) is 0 Å². The maximum Gasteiger partial charge on any atom is 0.197 e. The fraction of sp³-hybridized carbons (Fsp3) is 0.260. The first kappa shape index (κ1) is 30.3. The molecule has 1 spiro atoms. The second-order valence-corrected chi connectivity index (χ2v) is 16.8. The number of nitrogens with zero attached hydrogens (tertiary/aromatic N) is 2. The molecule has 2 nitrogen and oxygen atoms in total. The van der Waals surface area contributed by atoms with Crippen molar-refractivity contribution >= 4 is 22.7 Å². The van der Waals surface area contributed by atoms with Crippen LogP contribution in [0.25, 0.3) is 38.2 Å². The van der Waals surface area contributed by atoms with E-state index in [-0.39, 0.29) is 10.8 Å². The highest BCUT2D eigenvalue weighted by molar-refractivity contribution is 5.98. The van der Waals surface area contributed by atoms with E-state index in [4.69, 9.17) is 6.57 Å². The zero-order chi connectivity index (χ0) is 34.8. The van der Waals surface area contributed by atoms with Crippen molar-refractivity contribution in [3.05, 3.63) is 167 Å². The largest absolute Gasteiger partial charge is 0.311 e. The summed E-state index contributed by atoms with van der Waals surface area (Å²) in [6, 6.07) is 49.5. The van der Waals surface area contributed by atoms with Crippen LogP contribution >= 0.6 is 0 Å². The van der Waals surface area contributed by atoms with Gasteiger partial charge in [-0.05, 0) is 136 Å². The van der Waals surface area contributed by atoms with Gasteiger partial charge in [0.1, 0.15) is 0 Å². The Morgan fingerprint density at radius 2 is 1.13 bits per heavy atom. The van der Waals surface area contributed by atoms with Gasteiger partial charge in [0.05, 0.1) is 12.3 Å². The van der Waals surface area contributed by atoms with Gasteiger partial charge in [-0.3, -0.25) is 0 Å². The highest BCUT2D eigenvalue weighted by atomic mass is 15.1. The SMILES string of the molecule is [C-]#[N+]c1cc(N(c2ccc(-c3ccccc3)cc2)c2cccc3c2-c2ccccc2C3(C)C)cc2c1-c1ccccc1C21C2CC3CC(C2)CC1C3. The van der Waals surface area contributed by atoms with Crippen molar-refractivity contribution in [2.24, 2.45) is 23.7 Å². The quantitative estimate of drug-likeness (QED) is 0.169. The number of benzene rings is 6. The lowest BCUT2D eigenvalue weighted by atomic mass is 9.43. The van der Waals surface area contributed by atoms with Gasteiger partial charge in [0.2, 0.25) is 0 Å². The van der Waals surface area contributed by atoms with Crippen molar-refractivity contribution in [1.82, 2.24) is 0 Å². The highest BCUT2D eigenvalue weighted by Crippen LogP contribution is 2.70. The minimum absolute atomic E-state index is 0.0230. The number of hydrogen-bond acceptors (Lipinski definition) is 1. The molecule has 0 saturated heterocycles. The Hall–Kier alpha value is -5.39. The van der Waals surface area contributed by atoms with Crippen LogP contribution in [0, 0.1) is 30.2 Å². The van der Waals surface area contributed by atoms with Crippen molar-refractivity contribution in [3.63, 3.8) is 0 Å². The average Bonchev–Trinajstić information content (AvgIpc) is 3.60. The molecule has 52 heavy (non-hydrogen) atoms. The van der Waals surface area contributed by atoms with Gasteiger partial charge in [-0.25, -0.2) is 4.85 Å². The summed E-state index contributed by atoms with van der Waals surface area (Å²) in [5, 5.41) is 0. The minimum atomic E-state index is -0.115. The summed E-state index contributed by atoms with van der Waals surface area (Å²) >= 11 is 0. The summed E-state index contributed by atoms with van der Waals surface area (Å²) in [7, 11) is 0. The van der Waals surface area contributed by atoms with E-state index in [1.807, 2.05) is 0 Å². The van der Waals surface area contributed by atoms with Crippen molar-refractivity contribution in [2.45, 2.75) is 56.8 Å². The third-order valence-electron chi connectivity index (χ3n) is 14.1. The third-order valence-corrected chi connectivity index (χ3v) is 14.1. The van der Waals surface area contributed by atoms with Crippen molar-refractivity contribution in [3.8, 4) is 33.4 Å². The van der Waals surface area contributed by atoms with Gasteiger partial charge in [0, 0.05) is 27.8 Å². The third kappa shape index (κ3) is 3.95. The topological polar surface area (TPSA) is 7.60 Å². The number of hydrogen-bond donors (Lipinski definition) is 0. The summed E-state index contributed by atoms with van der Waals surface area (Å²) in [4.78, 5) is 6.86. The van der Waals surface area contributed by atoms with E-state index >= 15 is 0 Å². The molecule has 6 aromatic rings. The Kier molecular flexibility index (Phi) is 6.29. The summed E-state index contributed by atoms with van der Waals surface area (Å²) in [5.41, 5.74) is 17.2. The van der Waals surface area contributed by atoms with Crippen LogP contribution in [0.2, 0.25) is 0 Å². The Balaban J connectivity index is 1.18. The molecule has 4 saturated carbocycles. The van der Waals surface area contributed by atoms with Gasteiger partial charge in [0.15, 0.2) is 5.69 Å². The van der Waals surface area contributed by atoms with E-state index in [1.54, 1.807) is 0 Å². The van der Waals surface area contributed by atoms with Gasteiger partial charge >= 0.3 is 0 Å². The van der Waals surface area contributed by atoms with E-state index in [2.05, 4.69) is 157 Å². The van der Waals surface area contributed by atoms with E-state index in [0.29, 0.717) is 11.8 Å². The van der Waals surface area contributed by atoms with E-state index in [0.717, 1.165) is 28.9 Å². The molecule has 4 fully saturated rings. The highest BCUT2D eigenvalue weighted by Gasteiger charge is 2.61. The van der Waals surface area contributed by atoms with Gasteiger partial charge in [-0.1, -0.05) is 117 Å². The van der Waals surface area contributed by atoms with Crippen LogP contribution in [-0.4, -0.2) is 0 Å². The Bertz CT molecular complexity index is 2430.